The Morgan fingerprint density at radius 2 is 1.50 bits per heavy atom. The number of halogens is 5. The van der Waals surface area contributed by atoms with Crippen LogP contribution in [0.25, 0.3) is 0 Å². The molecule has 2 rings (SSSR count). The zero-order valence-electron chi connectivity index (χ0n) is 13.3. The van der Waals surface area contributed by atoms with Crippen LogP contribution in [-0.4, -0.2) is 49.7 Å². The molecule has 0 spiro atoms. The summed E-state index contributed by atoms with van der Waals surface area (Å²) in [6.45, 7) is -6.71. The molecule has 0 aliphatic carbocycles. The smallest absolute Gasteiger partial charge is 0.269 e. The molecule has 0 atom stereocenters. The van der Waals surface area contributed by atoms with E-state index in [0.717, 1.165) is 12.1 Å². The molecule has 0 radical (unpaired) electrons. The monoisotopic (exact) mass is 375 g/mol. The standard InChI is InChI=1S/C12H8F5NO5S/c13-11(14,6-23-24(21,22)12(15,16)17)5-18-9(19)7-3-1-2-4-8(7)10(18)20/h1-4H,5-6H2/i6D2. The molecule has 1 aliphatic rings. The van der Waals surface area contributed by atoms with Crippen molar-refractivity contribution in [1.29, 1.82) is 0 Å². The Hall–Kier alpha value is -2.08. The first kappa shape index (κ1) is 15.4. The summed E-state index contributed by atoms with van der Waals surface area (Å²) >= 11 is 0. The van der Waals surface area contributed by atoms with Gasteiger partial charge in [-0.2, -0.15) is 21.6 Å². The molecule has 0 saturated heterocycles. The highest BCUT2D eigenvalue weighted by atomic mass is 32.2. The Bertz CT molecular complexity index is 836. The zero-order chi connectivity index (χ0) is 20.1. The fraction of sp³-hybridized carbons (Fsp3) is 0.333. The third-order valence-electron chi connectivity index (χ3n) is 2.82. The third kappa shape index (κ3) is 3.38. The van der Waals surface area contributed by atoms with Crippen molar-refractivity contribution in [1.82, 2.24) is 4.90 Å². The van der Waals surface area contributed by atoms with E-state index in [9.17, 15) is 40.0 Å². The molecule has 0 bridgehead atoms. The van der Waals surface area contributed by atoms with Gasteiger partial charge in [-0.15, -0.1) is 0 Å². The predicted molar refractivity (Wildman–Crippen MR) is 67.7 cm³/mol. The lowest BCUT2D eigenvalue weighted by Crippen LogP contribution is -2.44. The van der Waals surface area contributed by atoms with Crippen LogP contribution in [0.4, 0.5) is 22.0 Å². The van der Waals surface area contributed by atoms with Gasteiger partial charge in [0.1, 0.15) is 6.56 Å². The first-order chi connectivity index (χ1) is 11.6. The fourth-order valence-corrected chi connectivity index (χ4v) is 2.10. The van der Waals surface area contributed by atoms with Crippen molar-refractivity contribution < 1.29 is 46.9 Å². The summed E-state index contributed by atoms with van der Waals surface area (Å²) in [5.41, 5.74) is -6.68. The second kappa shape index (κ2) is 5.77. The van der Waals surface area contributed by atoms with Gasteiger partial charge < -0.3 is 0 Å². The van der Waals surface area contributed by atoms with Gasteiger partial charge >= 0.3 is 15.6 Å². The van der Waals surface area contributed by atoms with Gasteiger partial charge in [-0.1, -0.05) is 12.1 Å². The van der Waals surface area contributed by atoms with Gasteiger partial charge in [-0.3, -0.25) is 18.7 Å². The number of imide groups is 1. The maximum atomic E-state index is 14.1. The maximum absolute atomic E-state index is 14.1. The van der Waals surface area contributed by atoms with Crippen LogP contribution < -0.4 is 0 Å². The molecular weight excluding hydrogens is 365 g/mol. The number of fused-ring (bicyclic) bond motifs is 1. The number of benzene rings is 1. The Balaban J connectivity index is 2.29. The van der Waals surface area contributed by atoms with Crippen molar-refractivity contribution in [2.45, 2.75) is 11.4 Å². The number of rotatable bonds is 5. The van der Waals surface area contributed by atoms with Crippen LogP contribution in [0.1, 0.15) is 23.5 Å². The molecule has 0 N–H and O–H groups in total. The van der Waals surface area contributed by atoms with Gasteiger partial charge in [0.05, 0.1) is 20.4 Å². The maximum Gasteiger partial charge on any atom is 0.523 e. The fourth-order valence-electron chi connectivity index (χ4n) is 1.78. The molecule has 6 nitrogen and oxygen atoms in total. The minimum Gasteiger partial charge on any atom is -0.269 e. The molecule has 132 valence electrons. The summed E-state index contributed by atoms with van der Waals surface area (Å²) in [4.78, 5) is 23.8. The number of alkyl halides is 5. The SMILES string of the molecule is [2H]C([2H])(OS(=O)(=O)C(F)(F)F)C(F)(F)CN1C(=O)c2ccccc2C1=O. The number of amides is 2. The topological polar surface area (TPSA) is 80.8 Å². The van der Waals surface area contributed by atoms with E-state index in [4.69, 9.17) is 2.74 Å². The molecule has 1 aliphatic heterocycles. The molecule has 1 aromatic rings. The Morgan fingerprint density at radius 3 is 1.92 bits per heavy atom. The molecule has 12 heteroatoms. The molecule has 1 heterocycles. The number of hydrogen-bond donors (Lipinski definition) is 0. The molecule has 2 amide bonds. The number of carbonyl (C=O) groups excluding carboxylic acids is 2. The third-order valence-corrected chi connectivity index (χ3v) is 3.69. The number of hydrogen-bond acceptors (Lipinski definition) is 5. The minimum absolute atomic E-state index is 0.105. The predicted octanol–water partition coefficient (Wildman–Crippen LogP) is 1.78. The quantitative estimate of drug-likeness (QED) is 0.339. The minimum atomic E-state index is -6.70. The molecule has 1 aromatic carbocycles. The second-order valence-corrected chi connectivity index (χ2v) is 6.07. The van der Waals surface area contributed by atoms with Crippen molar-refractivity contribution in [3.8, 4) is 0 Å². The first-order valence-electron chi connectivity index (χ1n) is 6.96. The van der Waals surface area contributed by atoms with Crippen LogP contribution in [0.15, 0.2) is 24.3 Å². The highest BCUT2D eigenvalue weighted by Gasteiger charge is 2.50. The van der Waals surface area contributed by atoms with Crippen LogP contribution in [0.3, 0.4) is 0 Å². The van der Waals surface area contributed by atoms with Gasteiger partial charge in [-0.05, 0) is 12.1 Å². The summed E-state index contributed by atoms with van der Waals surface area (Å²) in [5.74, 6) is -7.45. The van der Waals surface area contributed by atoms with Crippen LogP contribution in [-0.2, 0) is 14.3 Å². The lowest BCUT2D eigenvalue weighted by Gasteiger charge is -2.22. The second-order valence-electron chi connectivity index (χ2n) is 4.53. The van der Waals surface area contributed by atoms with E-state index in [1.807, 2.05) is 0 Å². The lowest BCUT2D eigenvalue weighted by atomic mass is 10.1. The molecule has 0 fully saturated rings. The van der Waals surface area contributed by atoms with Crippen molar-refractivity contribution in [3.05, 3.63) is 35.4 Å². The van der Waals surface area contributed by atoms with Crippen molar-refractivity contribution in [2.24, 2.45) is 0 Å². The highest BCUT2D eigenvalue weighted by molar-refractivity contribution is 7.87. The zero-order valence-corrected chi connectivity index (χ0v) is 12.1. The van der Waals surface area contributed by atoms with Crippen LogP contribution in [0, 0.1) is 0 Å². The van der Waals surface area contributed by atoms with Gasteiger partial charge in [0.25, 0.3) is 17.7 Å². The molecule has 0 aromatic heterocycles. The van der Waals surface area contributed by atoms with Crippen molar-refractivity contribution in [3.63, 3.8) is 0 Å². The Labute approximate surface area is 134 Å². The summed E-state index contributed by atoms with van der Waals surface area (Å²) < 4.78 is 103. The van der Waals surface area contributed by atoms with Gasteiger partial charge in [0, 0.05) is 0 Å². The summed E-state index contributed by atoms with van der Waals surface area (Å²) in [7, 11) is -6.70. The molecule has 24 heavy (non-hydrogen) atoms. The Morgan fingerprint density at radius 1 is 1.04 bits per heavy atom. The normalized spacial score (nSPS) is 17.6. The average molecular weight is 375 g/mol. The lowest BCUT2D eigenvalue weighted by molar-refractivity contribution is -0.0770. The van der Waals surface area contributed by atoms with E-state index in [1.54, 1.807) is 0 Å². The van der Waals surface area contributed by atoms with E-state index in [-0.39, 0.29) is 16.0 Å². The first-order valence-corrected chi connectivity index (χ1v) is 7.36. The average Bonchev–Trinajstić information content (AvgIpc) is 2.70. The van der Waals surface area contributed by atoms with Crippen molar-refractivity contribution >= 4 is 21.9 Å². The summed E-state index contributed by atoms with van der Waals surface area (Å²) in [6.07, 6.45) is 0. The summed E-state index contributed by atoms with van der Waals surface area (Å²) in [6, 6.07) is 4.91. The van der Waals surface area contributed by atoms with E-state index >= 15 is 0 Å². The van der Waals surface area contributed by atoms with Crippen LogP contribution in [0.2, 0.25) is 0 Å². The van der Waals surface area contributed by atoms with Gasteiger partial charge in [-0.25, -0.2) is 8.78 Å². The van der Waals surface area contributed by atoms with E-state index in [2.05, 4.69) is 4.18 Å². The van der Waals surface area contributed by atoms with Crippen molar-refractivity contribution in [2.75, 3.05) is 13.1 Å². The molecule has 0 unspecified atom stereocenters. The Kier molecular flexibility index (Phi) is 3.72. The molecule has 0 saturated carbocycles. The highest BCUT2D eigenvalue weighted by Crippen LogP contribution is 2.29. The van der Waals surface area contributed by atoms with E-state index < -0.39 is 46.5 Å². The van der Waals surface area contributed by atoms with Gasteiger partial charge in [0.15, 0.2) is 0 Å². The van der Waals surface area contributed by atoms with E-state index in [1.165, 1.54) is 12.1 Å². The largest absolute Gasteiger partial charge is 0.523 e. The van der Waals surface area contributed by atoms with Gasteiger partial charge in [0.2, 0.25) is 0 Å². The molecular formula is C12H8F5NO5S. The summed E-state index contributed by atoms with van der Waals surface area (Å²) in [5, 5.41) is 0. The van der Waals surface area contributed by atoms with Crippen LogP contribution in [0.5, 0.6) is 0 Å². The van der Waals surface area contributed by atoms with E-state index in [0.29, 0.717) is 0 Å². The van der Waals surface area contributed by atoms with Crippen LogP contribution >= 0.6 is 0 Å². The number of carbonyl (C=O) groups is 2. The number of nitrogens with zero attached hydrogens (tertiary/aromatic N) is 1.